The summed E-state index contributed by atoms with van der Waals surface area (Å²) >= 11 is 6.33. The summed E-state index contributed by atoms with van der Waals surface area (Å²) in [6, 6.07) is 25.0. The largest absolute Gasteiger partial charge is 0.361 e. The fourth-order valence-corrected chi connectivity index (χ4v) is 4.08. The first-order chi connectivity index (χ1) is 12.8. The number of benzene rings is 3. The van der Waals surface area contributed by atoms with Crippen molar-refractivity contribution < 1.29 is 0 Å². The first-order valence-electron chi connectivity index (χ1n) is 8.69. The average Bonchev–Trinajstić information content (AvgIpc) is 3.28. The third-order valence-electron chi connectivity index (χ3n) is 5.05. The summed E-state index contributed by atoms with van der Waals surface area (Å²) in [4.78, 5) is 6.84. The molecule has 0 atom stereocenters. The van der Waals surface area contributed by atoms with Gasteiger partial charge in [-0.25, -0.2) is 0 Å². The zero-order chi connectivity index (χ0) is 17.5. The zero-order valence-corrected chi connectivity index (χ0v) is 14.8. The summed E-state index contributed by atoms with van der Waals surface area (Å²) in [5, 5.41) is 3.23. The third kappa shape index (κ3) is 2.42. The molecule has 2 N–H and O–H groups in total. The van der Waals surface area contributed by atoms with Crippen molar-refractivity contribution in [2.75, 3.05) is 0 Å². The summed E-state index contributed by atoms with van der Waals surface area (Å²) in [6.07, 6.45) is 4.25. The lowest BCUT2D eigenvalue weighted by atomic mass is 9.85. The van der Waals surface area contributed by atoms with Crippen LogP contribution in [-0.4, -0.2) is 9.97 Å². The predicted octanol–water partition coefficient (Wildman–Crippen LogP) is 6.48. The molecule has 0 saturated heterocycles. The molecule has 0 aliphatic heterocycles. The summed E-state index contributed by atoms with van der Waals surface area (Å²) in [5.41, 5.74) is 6.00. The summed E-state index contributed by atoms with van der Waals surface area (Å²) in [5.74, 6) is 0.0981. The summed E-state index contributed by atoms with van der Waals surface area (Å²) in [7, 11) is 0. The van der Waals surface area contributed by atoms with Crippen LogP contribution < -0.4 is 0 Å². The Morgan fingerprint density at radius 3 is 1.81 bits per heavy atom. The molecule has 5 aromatic rings. The van der Waals surface area contributed by atoms with Crippen molar-refractivity contribution in [3.63, 3.8) is 0 Å². The number of aromatic nitrogens is 2. The van der Waals surface area contributed by atoms with E-state index in [1.807, 2.05) is 12.1 Å². The maximum absolute atomic E-state index is 6.33. The number of fused-ring (bicyclic) bond motifs is 2. The Morgan fingerprint density at radius 1 is 0.654 bits per heavy atom. The normalized spacial score (nSPS) is 11.6. The Hall–Kier alpha value is -2.97. The Morgan fingerprint density at radius 2 is 1.23 bits per heavy atom. The van der Waals surface area contributed by atoms with Crippen LogP contribution in [0.1, 0.15) is 22.6 Å². The second kappa shape index (κ2) is 6.08. The van der Waals surface area contributed by atoms with E-state index in [0.29, 0.717) is 0 Å². The molecule has 0 aliphatic rings. The molecule has 126 valence electrons. The highest BCUT2D eigenvalue weighted by Gasteiger charge is 2.23. The minimum Gasteiger partial charge on any atom is -0.361 e. The maximum Gasteiger partial charge on any atom is 0.0457 e. The van der Waals surface area contributed by atoms with Crippen molar-refractivity contribution >= 4 is 33.4 Å². The molecule has 3 aromatic carbocycles. The van der Waals surface area contributed by atoms with Crippen LogP contribution in [0.25, 0.3) is 21.8 Å². The molecule has 0 unspecified atom stereocenters. The Balaban J connectivity index is 1.81. The molecule has 0 spiro atoms. The third-order valence-corrected chi connectivity index (χ3v) is 5.28. The van der Waals surface area contributed by atoms with E-state index < -0.39 is 0 Å². The van der Waals surface area contributed by atoms with E-state index in [1.54, 1.807) is 0 Å². The molecule has 5 rings (SSSR count). The highest BCUT2D eigenvalue weighted by Crippen LogP contribution is 2.39. The maximum atomic E-state index is 6.33. The monoisotopic (exact) mass is 356 g/mol. The van der Waals surface area contributed by atoms with Crippen LogP contribution in [0, 0.1) is 0 Å². The fourth-order valence-electron chi connectivity index (χ4n) is 3.88. The molecule has 2 aromatic heterocycles. The van der Waals surface area contributed by atoms with Gasteiger partial charge in [0.25, 0.3) is 0 Å². The van der Waals surface area contributed by atoms with E-state index >= 15 is 0 Å². The van der Waals surface area contributed by atoms with Crippen LogP contribution in [0.5, 0.6) is 0 Å². The van der Waals surface area contributed by atoms with Gasteiger partial charge in [-0.15, -0.1) is 0 Å². The lowest BCUT2D eigenvalue weighted by molar-refractivity contribution is 0.998. The van der Waals surface area contributed by atoms with Gasteiger partial charge in [-0.05, 0) is 41.0 Å². The quantitative estimate of drug-likeness (QED) is 0.370. The van der Waals surface area contributed by atoms with Crippen molar-refractivity contribution in [1.29, 1.82) is 0 Å². The van der Waals surface area contributed by atoms with Gasteiger partial charge in [0, 0.05) is 45.1 Å². The Bertz CT molecular complexity index is 1140. The van der Waals surface area contributed by atoms with Gasteiger partial charge in [-0.1, -0.05) is 60.1 Å². The molecule has 0 bridgehead atoms. The smallest absolute Gasteiger partial charge is 0.0457 e. The lowest BCUT2D eigenvalue weighted by Gasteiger charge is -2.17. The van der Waals surface area contributed by atoms with E-state index in [9.17, 15) is 0 Å². The van der Waals surface area contributed by atoms with Crippen LogP contribution in [-0.2, 0) is 0 Å². The zero-order valence-electron chi connectivity index (χ0n) is 14.0. The number of halogens is 1. The molecular weight excluding hydrogens is 340 g/mol. The minimum atomic E-state index is 0.0981. The molecule has 0 aliphatic carbocycles. The van der Waals surface area contributed by atoms with Crippen molar-refractivity contribution in [2.45, 2.75) is 5.92 Å². The molecule has 0 fully saturated rings. The number of hydrogen-bond acceptors (Lipinski definition) is 0. The van der Waals surface area contributed by atoms with Crippen molar-refractivity contribution in [3.8, 4) is 0 Å². The molecule has 0 saturated carbocycles. The van der Waals surface area contributed by atoms with Crippen LogP contribution in [0.3, 0.4) is 0 Å². The van der Waals surface area contributed by atoms with Gasteiger partial charge >= 0.3 is 0 Å². The molecule has 2 nitrogen and oxygen atoms in total. The van der Waals surface area contributed by atoms with Crippen LogP contribution in [0.2, 0.25) is 5.02 Å². The first kappa shape index (κ1) is 15.3. The Kier molecular flexibility index (Phi) is 3.58. The lowest BCUT2D eigenvalue weighted by Crippen LogP contribution is -2.02. The number of hydrogen-bond donors (Lipinski definition) is 2. The van der Waals surface area contributed by atoms with Gasteiger partial charge in [-0.3, -0.25) is 0 Å². The fraction of sp³-hybridized carbons (Fsp3) is 0.0435. The van der Waals surface area contributed by atoms with E-state index in [4.69, 9.17) is 11.6 Å². The van der Waals surface area contributed by atoms with Crippen LogP contribution in [0.15, 0.2) is 85.2 Å². The number of aromatic amines is 2. The van der Waals surface area contributed by atoms with Gasteiger partial charge in [0.1, 0.15) is 0 Å². The van der Waals surface area contributed by atoms with E-state index in [2.05, 4.69) is 83.0 Å². The van der Waals surface area contributed by atoms with Gasteiger partial charge < -0.3 is 9.97 Å². The number of H-pyrrole nitrogens is 2. The molecule has 0 amide bonds. The molecule has 26 heavy (non-hydrogen) atoms. The topological polar surface area (TPSA) is 31.6 Å². The molecule has 3 heteroatoms. The SMILES string of the molecule is Clc1cccc(C(c2c[nH]c3ccccc23)c2c[nH]c3ccccc23)c1. The number of para-hydroxylation sites is 2. The van der Waals surface area contributed by atoms with Gasteiger partial charge in [-0.2, -0.15) is 0 Å². The second-order valence-corrected chi connectivity index (χ2v) is 7.00. The van der Waals surface area contributed by atoms with E-state index in [1.165, 1.54) is 27.5 Å². The van der Waals surface area contributed by atoms with Gasteiger partial charge in [0.15, 0.2) is 0 Å². The van der Waals surface area contributed by atoms with Crippen molar-refractivity contribution in [2.24, 2.45) is 0 Å². The summed E-state index contributed by atoms with van der Waals surface area (Å²) < 4.78 is 0. The highest BCUT2D eigenvalue weighted by molar-refractivity contribution is 6.30. The molecule has 2 heterocycles. The molecular formula is C23H17ClN2. The first-order valence-corrected chi connectivity index (χ1v) is 9.06. The van der Waals surface area contributed by atoms with E-state index in [0.717, 1.165) is 16.1 Å². The summed E-state index contributed by atoms with van der Waals surface area (Å²) in [6.45, 7) is 0. The van der Waals surface area contributed by atoms with Crippen molar-refractivity contribution in [1.82, 2.24) is 9.97 Å². The molecule has 0 radical (unpaired) electrons. The van der Waals surface area contributed by atoms with Gasteiger partial charge in [0.05, 0.1) is 0 Å². The van der Waals surface area contributed by atoms with Crippen LogP contribution in [0.4, 0.5) is 0 Å². The van der Waals surface area contributed by atoms with Crippen molar-refractivity contribution in [3.05, 3.63) is 107 Å². The van der Waals surface area contributed by atoms with E-state index in [-0.39, 0.29) is 5.92 Å². The number of nitrogens with one attached hydrogen (secondary N) is 2. The van der Waals surface area contributed by atoms with Crippen LogP contribution >= 0.6 is 11.6 Å². The second-order valence-electron chi connectivity index (χ2n) is 6.57. The standard InChI is InChI=1S/C23H17ClN2/c24-16-7-5-6-15(12-16)23(19-13-25-21-10-3-1-8-17(19)21)20-14-26-22-11-4-2-9-18(20)22/h1-14,23,25-26H. The highest BCUT2D eigenvalue weighted by atomic mass is 35.5. The Labute approximate surface area is 156 Å². The predicted molar refractivity (Wildman–Crippen MR) is 109 cm³/mol. The number of rotatable bonds is 3. The minimum absolute atomic E-state index is 0.0981. The average molecular weight is 357 g/mol. The van der Waals surface area contributed by atoms with Gasteiger partial charge in [0.2, 0.25) is 0 Å².